The molecule has 0 aliphatic heterocycles. The molecule has 0 fully saturated rings. The molecular formula is C10H11I2NO3. The van der Waals surface area contributed by atoms with E-state index in [0.717, 1.165) is 3.57 Å². The summed E-state index contributed by atoms with van der Waals surface area (Å²) < 4.78 is 1.51. The van der Waals surface area contributed by atoms with E-state index >= 15 is 0 Å². The molecule has 0 bridgehead atoms. The molecule has 1 aromatic rings. The van der Waals surface area contributed by atoms with Crippen molar-refractivity contribution in [1.29, 1.82) is 0 Å². The standard InChI is InChI=1S/C10H11I2NO3/c1-5(4-14)13-10(16)7-2-6(11)3-8(12)9(7)15/h2-3,5,14-15H,4H2,1H3,(H,13,16)/t5-/m1/s1. The van der Waals surface area contributed by atoms with Gasteiger partial charge in [-0.15, -0.1) is 0 Å². The number of carbonyl (C=O) groups is 1. The predicted octanol–water partition coefficient (Wildman–Crippen LogP) is 1.71. The van der Waals surface area contributed by atoms with Gasteiger partial charge in [0.05, 0.1) is 15.7 Å². The van der Waals surface area contributed by atoms with Gasteiger partial charge in [-0.05, 0) is 64.2 Å². The van der Waals surface area contributed by atoms with Crippen LogP contribution in [-0.4, -0.2) is 28.8 Å². The van der Waals surface area contributed by atoms with Gasteiger partial charge < -0.3 is 15.5 Å². The van der Waals surface area contributed by atoms with E-state index in [1.807, 2.05) is 22.6 Å². The zero-order valence-corrected chi connectivity index (χ0v) is 12.8. The van der Waals surface area contributed by atoms with Crippen molar-refractivity contribution in [3.8, 4) is 5.75 Å². The summed E-state index contributed by atoms with van der Waals surface area (Å²) in [5.74, 6) is -0.404. The minimum atomic E-state index is -0.379. The number of aliphatic hydroxyl groups is 1. The summed E-state index contributed by atoms with van der Waals surface area (Å²) in [6.45, 7) is 1.56. The summed E-state index contributed by atoms with van der Waals surface area (Å²) in [4.78, 5) is 11.8. The number of carbonyl (C=O) groups excluding carboxylic acids is 1. The van der Waals surface area contributed by atoms with Crippen molar-refractivity contribution >= 4 is 51.1 Å². The van der Waals surface area contributed by atoms with Crippen LogP contribution in [0.1, 0.15) is 17.3 Å². The van der Waals surface area contributed by atoms with Gasteiger partial charge in [-0.1, -0.05) is 0 Å². The Morgan fingerprint density at radius 3 is 2.69 bits per heavy atom. The molecule has 1 aromatic carbocycles. The Labute approximate surface area is 121 Å². The van der Waals surface area contributed by atoms with Crippen molar-refractivity contribution in [2.75, 3.05) is 6.61 Å². The number of nitrogens with one attached hydrogen (secondary N) is 1. The first kappa shape index (κ1) is 14.0. The molecule has 16 heavy (non-hydrogen) atoms. The van der Waals surface area contributed by atoms with Crippen LogP contribution < -0.4 is 5.32 Å². The highest BCUT2D eigenvalue weighted by molar-refractivity contribution is 14.1. The molecular weight excluding hydrogens is 436 g/mol. The van der Waals surface area contributed by atoms with E-state index in [9.17, 15) is 9.90 Å². The third-order valence-electron chi connectivity index (χ3n) is 1.92. The number of aliphatic hydroxyl groups excluding tert-OH is 1. The SMILES string of the molecule is C[C@H](CO)NC(=O)c1cc(I)cc(I)c1O. The van der Waals surface area contributed by atoms with Crippen molar-refractivity contribution in [1.82, 2.24) is 5.32 Å². The lowest BCUT2D eigenvalue weighted by molar-refractivity contribution is 0.0919. The number of hydrogen-bond acceptors (Lipinski definition) is 3. The van der Waals surface area contributed by atoms with Gasteiger partial charge in [0.1, 0.15) is 5.75 Å². The van der Waals surface area contributed by atoms with Crippen LogP contribution in [0.15, 0.2) is 12.1 Å². The number of phenolic OH excluding ortho intramolecular Hbond substituents is 1. The molecule has 0 aliphatic carbocycles. The molecule has 1 amide bonds. The average Bonchev–Trinajstić information content (AvgIpc) is 2.22. The van der Waals surface area contributed by atoms with E-state index in [2.05, 4.69) is 27.9 Å². The number of hydrogen-bond donors (Lipinski definition) is 3. The van der Waals surface area contributed by atoms with Crippen molar-refractivity contribution in [3.05, 3.63) is 24.8 Å². The van der Waals surface area contributed by atoms with E-state index in [-0.39, 0.29) is 29.9 Å². The molecule has 3 N–H and O–H groups in total. The smallest absolute Gasteiger partial charge is 0.255 e. The van der Waals surface area contributed by atoms with Crippen LogP contribution in [0.3, 0.4) is 0 Å². The Bertz CT molecular complexity index is 409. The highest BCUT2D eigenvalue weighted by Gasteiger charge is 2.16. The molecule has 88 valence electrons. The molecule has 0 aromatic heterocycles. The third kappa shape index (κ3) is 3.45. The normalized spacial score (nSPS) is 12.2. The van der Waals surface area contributed by atoms with Gasteiger partial charge in [-0.25, -0.2) is 0 Å². The lowest BCUT2D eigenvalue weighted by atomic mass is 10.2. The lowest BCUT2D eigenvalue weighted by Gasteiger charge is -2.12. The van der Waals surface area contributed by atoms with Crippen LogP contribution in [-0.2, 0) is 0 Å². The summed E-state index contributed by atoms with van der Waals surface area (Å²) >= 11 is 4.05. The fourth-order valence-corrected chi connectivity index (χ4v) is 2.93. The number of aromatic hydroxyl groups is 1. The zero-order chi connectivity index (χ0) is 12.3. The fraction of sp³-hybridized carbons (Fsp3) is 0.300. The Balaban J connectivity index is 2.99. The van der Waals surface area contributed by atoms with E-state index in [1.54, 1.807) is 19.1 Å². The van der Waals surface area contributed by atoms with Gasteiger partial charge in [0, 0.05) is 9.61 Å². The first-order chi connectivity index (χ1) is 7.45. The average molecular weight is 447 g/mol. The molecule has 1 rings (SSSR count). The molecule has 4 nitrogen and oxygen atoms in total. The lowest BCUT2D eigenvalue weighted by Crippen LogP contribution is -2.35. The van der Waals surface area contributed by atoms with E-state index in [1.165, 1.54) is 0 Å². The second-order valence-electron chi connectivity index (χ2n) is 3.34. The first-order valence-electron chi connectivity index (χ1n) is 4.55. The highest BCUT2D eigenvalue weighted by atomic mass is 127. The van der Waals surface area contributed by atoms with Crippen LogP contribution in [0.25, 0.3) is 0 Å². The topological polar surface area (TPSA) is 69.6 Å². The van der Waals surface area contributed by atoms with E-state index < -0.39 is 0 Å². The number of benzene rings is 1. The second-order valence-corrected chi connectivity index (χ2v) is 5.75. The Morgan fingerprint density at radius 2 is 2.12 bits per heavy atom. The summed E-state index contributed by atoms with van der Waals surface area (Å²) in [5, 5.41) is 21.2. The molecule has 0 spiro atoms. The van der Waals surface area contributed by atoms with Crippen LogP contribution in [0.5, 0.6) is 5.75 Å². The fourth-order valence-electron chi connectivity index (χ4n) is 1.09. The van der Waals surface area contributed by atoms with Gasteiger partial charge in [0.2, 0.25) is 0 Å². The third-order valence-corrected chi connectivity index (χ3v) is 3.37. The Hall–Kier alpha value is -0.0900. The molecule has 0 saturated carbocycles. The molecule has 0 heterocycles. The highest BCUT2D eigenvalue weighted by Crippen LogP contribution is 2.26. The minimum absolute atomic E-state index is 0.0244. The van der Waals surface area contributed by atoms with Gasteiger partial charge in [-0.3, -0.25) is 4.79 Å². The largest absolute Gasteiger partial charge is 0.506 e. The molecule has 0 aliphatic rings. The van der Waals surface area contributed by atoms with Gasteiger partial charge in [0.25, 0.3) is 5.91 Å². The number of phenols is 1. The molecule has 0 radical (unpaired) electrons. The number of amides is 1. The van der Waals surface area contributed by atoms with Crippen molar-refractivity contribution in [2.24, 2.45) is 0 Å². The second kappa shape index (κ2) is 6.01. The molecule has 1 atom stereocenters. The summed E-state index contributed by atoms with van der Waals surface area (Å²) in [7, 11) is 0. The molecule has 0 saturated heterocycles. The molecule has 6 heteroatoms. The first-order valence-corrected chi connectivity index (χ1v) is 6.71. The molecule has 0 unspecified atom stereocenters. The summed E-state index contributed by atoms with van der Waals surface area (Å²) in [6.07, 6.45) is 0. The quantitative estimate of drug-likeness (QED) is 0.619. The van der Waals surface area contributed by atoms with Gasteiger partial charge in [0.15, 0.2) is 0 Å². The number of halogens is 2. The van der Waals surface area contributed by atoms with Gasteiger partial charge in [-0.2, -0.15) is 0 Å². The van der Waals surface area contributed by atoms with Crippen LogP contribution in [0.2, 0.25) is 0 Å². The summed E-state index contributed by atoms with van der Waals surface area (Å²) in [6, 6.07) is 3.06. The maximum Gasteiger partial charge on any atom is 0.255 e. The maximum absolute atomic E-state index is 11.8. The van der Waals surface area contributed by atoms with Gasteiger partial charge >= 0.3 is 0 Å². The van der Waals surface area contributed by atoms with Crippen LogP contribution in [0.4, 0.5) is 0 Å². The summed E-state index contributed by atoms with van der Waals surface area (Å²) in [5.41, 5.74) is 0.233. The van der Waals surface area contributed by atoms with Crippen molar-refractivity contribution in [3.63, 3.8) is 0 Å². The van der Waals surface area contributed by atoms with E-state index in [0.29, 0.717) is 3.57 Å². The van der Waals surface area contributed by atoms with Crippen LogP contribution in [0, 0.1) is 7.14 Å². The predicted molar refractivity (Wildman–Crippen MR) is 77.6 cm³/mol. The van der Waals surface area contributed by atoms with Crippen molar-refractivity contribution < 1.29 is 15.0 Å². The zero-order valence-electron chi connectivity index (χ0n) is 8.50. The van der Waals surface area contributed by atoms with Crippen molar-refractivity contribution in [2.45, 2.75) is 13.0 Å². The Kier molecular flexibility index (Phi) is 5.25. The Morgan fingerprint density at radius 1 is 1.50 bits per heavy atom. The van der Waals surface area contributed by atoms with Crippen LogP contribution >= 0.6 is 45.2 Å². The number of rotatable bonds is 3. The maximum atomic E-state index is 11.8. The minimum Gasteiger partial charge on any atom is -0.506 e. The van der Waals surface area contributed by atoms with E-state index in [4.69, 9.17) is 5.11 Å². The monoisotopic (exact) mass is 447 g/mol.